The Bertz CT molecular complexity index is 1010. The van der Waals surface area contributed by atoms with Crippen LogP contribution in [0.15, 0.2) is 48.5 Å². The third-order valence-corrected chi connectivity index (χ3v) is 7.14. The summed E-state index contributed by atoms with van der Waals surface area (Å²) in [6.45, 7) is 0.111. The number of ether oxygens (including phenoxy) is 1. The summed E-state index contributed by atoms with van der Waals surface area (Å²) in [5.74, 6) is -2.94. The van der Waals surface area contributed by atoms with Gasteiger partial charge in [0.1, 0.15) is 18.3 Å². The molecule has 2 bridgehead atoms. The monoisotopic (exact) mass is 443 g/mol. The molecule has 4 nitrogen and oxygen atoms in total. The molecular formula is C25H24F3NO3. The maximum atomic E-state index is 13.4. The van der Waals surface area contributed by atoms with Crippen molar-refractivity contribution in [3.8, 4) is 11.1 Å². The predicted octanol–water partition coefficient (Wildman–Crippen LogP) is 5.70. The molecule has 5 rings (SSSR count). The third kappa shape index (κ3) is 3.57. The maximum absolute atomic E-state index is 13.4. The van der Waals surface area contributed by atoms with Gasteiger partial charge >= 0.3 is 12.3 Å². The summed E-state index contributed by atoms with van der Waals surface area (Å²) in [7, 11) is 0. The molecule has 3 atom stereocenters. The van der Waals surface area contributed by atoms with E-state index in [9.17, 15) is 22.8 Å². The number of hydrogen-bond acceptors (Lipinski definition) is 3. The molecule has 0 N–H and O–H groups in total. The van der Waals surface area contributed by atoms with Crippen molar-refractivity contribution in [3.05, 3.63) is 59.7 Å². The van der Waals surface area contributed by atoms with E-state index >= 15 is 0 Å². The topological polar surface area (TPSA) is 46.6 Å². The molecule has 2 fully saturated rings. The number of fused-ring (bicyclic) bond motifs is 5. The van der Waals surface area contributed by atoms with Gasteiger partial charge in [-0.1, -0.05) is 48.5 Å². The van der Waals surface area contributed by atoms with Crippen LogP contribution in [0.3, 0.4) is 0 Å². The van der Waals surface area contributed by atoms with Crippen LogP contribution in [0.2, 0.25) is 0 Å². The van der Waals surface area contributed by atoms with E-state index in [1.807, 2.05) is 48.5 Å². The molecule has 7 heteroatoms. The Kier molecular flexibility index (Phi) is 5.22. The van der Waals surface area contributed by atoms with E-state index in [2.05, 4.69) is 0 Å². The van der Waals surface area contributed by atoms with Gasteiger partial charge in [0.15, 0.2) is 0 Å². The van der Waals surface area contributed by atoms with Crippen molar-refractivity contribution < 1.29 is 27.5 Å². The molecule has 1 aliphatic carbocycles. The number of alkyl halides is 3. The van der Waals surface area contributed by atoms with Crippen molar-refractivity contribution in [3.63, 3.8) is 0 Å². The maximum Gasteiger partial charge on any atom is 0.410 e. The molecule has 2 saturated heterocycles. The van der Waals surface area contributed by atoms with Gasteiger partial charge in [0.05, 0.1) is 0 Å². The summed E-state index contributed by atoms with van der Waals surface area (Å²) in [6, 6.07) is 14.8. The highest BCUT2D eigenvalue weighted by Crippen LogP contribution is 2.45. The molecule has 3 aliphatic rings. The number of carbonyl (C=O) groups excluding carboxylic acids is 2. The molecule has 0 aromatic heterocycles. The first-order valence-electron chi connectivity index (χ1n) is 11.1. The van der Waals surface area contributed by atoms with E-state index in [1.165, 1.54) is 4.90 Å². The SMILES string of the molecule is O=C1CC2CCCC(CC1C(F)(F)F)N2C(=O)OCC1c2ccccc2-c2ccccc21. The number of ketones is 1. The highest BCUT2D eigenvalue weighted by Gasteiger charge is 2.51. The number of carbonyl (C=O) groups is 2. The zero-order valence-corrected chi connectivity index (χ0v) is 17.5. The summed E-state index contributed by atoms with van der Waals surface area (Å²) < 4.78 is 46.0. The van der Waals surface area contributed by atoms with Crippen LogP contribution in [-0.2, 0) is 9.53 Å². The summed E-state index contributed by atoms with van der Waals surface area (Å²) in [4.78, 5) is 26.9. The zero-order chi connectivity index (χ0) is 22.5. The molecule has 168 valence electrons. The van der Waals surface area contributed by atoms with Gasteiger partial charge in [0.2, 0.25) is 0 Å². The second-order valence-electron chi connectivity index (χ2n) is 8.95. The molecule has 0 spiro atoms. The standard InChI is InChI=1S/C25H24F3NO3/c26-25(27,28)22-12-15-6-5-7-16(13-23(22)30)29(15)24(31)32-14-21-19-10-3-1-8-17(19)18-9-2-4-11-20(18)21/h1-4,8-11,15-16,21-22H,5-7,12-14H2. The van der Waals surface area contributed by atoms with Crippen molar-refractivity contribution in [2.75, 3.05) is 6.61 Å². The minimum absolute atomic E-state index is 0.111. The fourth-order valence-electron chi connectivity index (χ4n) is 5.66. The number of halogens is 3. The van der Waals surface area contributed by atoms with Crippen LogP contribution < -0.4 is 0 Å². The average molecular weight is 443 g/mol. The summed E-state index contributed by atoms with van der Waals surface area (Å²) in [5.41, 5.74) is 4.36. The van der Waals surface area contributed by atoms with E-state index in [0.29, 0.717) is 19.3 Å². The molecule has 2 aromatic carbocycles. The van der Waals surface area contributed by atoms with Gasteiger partial charge in [0.25, 0.3) is 0 Å². The number of Topliss-reactive ketones (excluding diaryl/α,β-unsaturated/α-hetero) is 1. The Labute approximate surface area is 184 Å². The molecule has 0 saturated carbocycles. The van der Waals surface area contributed by atoms with Crippen LogP contribution in [0.5, 0.6) is 0 Å². The van der Waals surface area contributed by atoms with Crippen LogP contribution in [0.1, 0.15) is 49.1 Å². The Morgan fingerprint density at radius 1 is 0.969 bits per heavy atom. The van der Waals surface area contributed by atoms with Crippen molar-refractivity contribution in [2.24, 2.45) is 5.92 Å². The molecule has 1 amide bonds. The summed E-state index contributed by atoms with van der Waals surface area (Å²) >= 11 is 0. The fraction of sp³-hybridized carbons (Fsp3) is 0.440. The second kappa shape index (κ2) is 7.94. The molecule has 3 unspecified atom stereocenters. The molecule has 0 radical (unpaired) electrons. The quantitative estimate of drug-likeness (QED) is 0.598. The predicted molar refractivity (Wildman–Crippen MR) is 112 cm³/mol. The van der Waals surface area contributed by atoms with Crippen molar-refractivity contribution >= 4 is 11.9 Å². The number of amides is 1. The van der Waals surface area contributed by atoms with Crippen LogP contribution in [-0.4, -0.2) is 41.6 Å². The highest BCUT2D eigenvalue weighted by molar-refractivity contribution is 5.84. The van der Waals surface area contributed by atoms with E-state index in [0.717, 1.165) is 22.3 Å². The number of nitrogens with zero attached hydrogens (tertiary/aromatic N) is 1. The Morgan fingerprint density at radius 2 is 1.56 bits per heavy atom. The number of benzene rings is 2. The molecule has 2 aliphatic heterocycles. The summed E-state index contributed by atoms with van der Waals surface area (Å²) in [5, 5.41) is 0. The lowest BCUT2D eigenvalue weighted by atomic mass is 9.93. The molecular weight excluding hydrogens is 419 g/mol. The van der Waals surface area contributed by atoms with Crippen molar-refractivity contribution in [2.45, 2.75) is 56.3 Å². The Morgan fingerprint density at radius 3 is 2.19 bits per heavy atom. The zero-order valence-electron chi connectivity index (χ0n) is 17.5. The van der Waals surface area contributed by atoms with Crippen molar-refractivity contribution in [1.29, 1.82) is 0 Å². The largest absolute Gasteiger partial charge is 0.448 e. The fourth-order valence-corrected chi connectivity index (χ4v) is 5.66. The lowest BCUT2D eigenvalue weighted by molar-refractivity contribution is -0.183. The first-order valence-corrected chi connectivity index (χ1v) is 11.1. The number of hydrogen-bond donors (Lipinski definition) is 0. The van der Waals surface area contributed by atoms with Crippen LogP contribution in [0, 0.1) is 5.92 Å². The normalized spacial score (nSPS) is 25.2. The lowest BCUT2D eigenvalue weighted by Crippen LogP contribution is -2.49. The van der Waals surface area contributed by atoms with Gasteiger partial charge in [-0.25, -0.2) is 4.79 Å². The summed E-state index contributed by atoms with van der Waals surface area (Å²) in [6.07, 6.45) is -4.13. The van der Waals surface area contributed by atoms with Gasteiger partial charge in [-0.2, -0.15) is 13.2 Å². The van der Waals surface area contributed by atoms with Crippen LogP contribution in [0.25, 0.3) is 11.1 Å². The second-order valence-corrected chi connectivity index (χ2v) is 8.95. The average Bonchev–Trinajstić information content (AvgIpc) is 3.04. The molecule has 2 aromatic rings. The van der Waals surface area contributed by atoms with Crippen LogP contribution in [0.4, 0.5) is 18.0 Å². The van der Waals surface area contributed by atoms with Gasteiger partial charge in [0, 0.05) is 24.4 Å². The van der Waals surface area contributed by atoms with E-state index in [4.69, 9.17) is 4.74 Å². The minimum atomic E-state index is -4.58. The number of rotatable bonds is 2. The van der Waals surface area contributed by atoms with Gasteiger partial charge < -0.3 is 9.64 Å². The number of piperidine rings is 1. The van der Waals surface area contributed by atoms with Crippen LogP contribution >= 0.6 is 0 Å². The van der Waals surface area contributed by atoms with Crippen molar-refractivity contribution in [1.82, 2.24) is 4.90 Å². The minimum Gasteiger partial charge on any atom is -0.448 e. The lowest BCUT2D eigenvalue weighted by Gasteiger charge is -2.39. The van der Waals surface area contributed by atoms with Gasteiger partial charge in [-0.15, -0.1) is 0 Å². The van der Waals surface area contributed by atoms with E-state index in [-0.39, 0.29) is 25.4 Å². The first kappa shape index (κ1) is 21.0. The molecule has 2 heterocycles. The Balaban J connectivity index is 1.36. The van der Waals surface area contributed by atoms with Gasteiger partial charge in [-0.05, 0) is 47.9 Å². The molecule has 32 heavy (non-hydrogen) atoms. The Hall–Kier alpha value is -2.83. The highest BCUT2D eigenvalue weighted by atomic mass is 19.4. The first-order chi connectivity index (χ1) is 15.3. The van der Waals surface area contributed by atoms with Gasteiger partial charge in [-0.3, -0.25) is 4.79 Å². The smallest absolute Gasteiger partial charge is 0.410 e. The van der Waals surface area contributed by atoms with E-state index < -0.39 is 36.1 Å². The van der Waals surface area contributed by atoms with E-state index in [1.54, 1.807) is 0 Å². The third-order valence-electron chi connectivity index (χ3n) is 7.14.